The van der Waals surface area contributed by atoms with Gasteiger partial charge in [-0.15, -0.1) is 0 Å². The van der Waals surface area contributed by atoms with Crippen LogP contribution in [-0.2, 0) is 0 Å². The summed E-state index contributed by atoms with van der Waals surface area (Å²) < 4.78 is 10.5. The first-order valence-corrected chi connectivity index (χ1v) is 9.12. The molecule has 7 heteroatoms. The van der Waals surface area contributed by atoms with Gasteiger partial charge in [0.25, 0.3) is 11.8 Å². The maximum absolute atomic E-state index is 12.8. The molecule has 0 radical (unpaired) electrons. The summed E-state index contributed by atoms with van der Waals surface area (Å²) in [7, 11) is 3.09. The van der Waals surface area contributed by atoms with Crippen LogP contribution >= 0.6 is 0 Å². The number of benzene rings is 2. The minimum Gasteiger partial charge on any atom is -0.508 e. The monoisotopic (exact) mass is 384 g/mol. The summed E-state index contributed by atoms with van der Waals surface area (Å²) in [6, 6.07) is 11.3. The lowest BCUT2D eigenvalue weighted by atomic mass is 10.0. The fourth-order valence-electron chi connectivity index (χ4n) is 3.26. The number of rotatable bonds is 5. The lowest BCUT2D eigenvalue weighted by Gasteiger charge is -2.32. The summed E-state index contributed by atoms with van der Waals surface area (Å²) in [6.07, 6.45) is 1.33. The number of hydrogen-bond donors (Lipinski definition) is 2. The molecule has 1 aliphatic rings. The number of ether oxygens (including phenoxy) is 2. The lowest BCUT2D eigenvalue weighted by molar-refractivity contribution is 0.0697. The Balaban J connectivity index is 1.59. The van der Waals surface area contributed by atoms with Gasteiger partial charge in [-0.1, -0.05) is 6.07 Å². The van der Waals surface area contributed by atoms with E-state index in [2.05, 4.69) is 5.32 Å². The predicted molar refractivity (Wildman–Crippen MR) is 104 cm³/mol. The van der Waals surface area contributed by atoms with Crippen LogP contribution in [0.2, 0.25) is 0 Å². The van der Waals surface area contributed by atoms with Crippen LogP contribution in [0, 0.1) is 0 Å². The van der Waals surface area contributed by atoms with Gasteiger partial charge < -0.3 is 24.8 Å². The number of phenolic OH excluding ortho intramolecular Hbond substituents is 1. The molecule has 1 aliphatic heterocycles. The predicted octanol–water partition coefficient (Wildman–Crippen LogP) is 2.44. The maximum atomic E-state index is 12.8. The molecule has 0 bridgehead atoms. The third kappa shape index (κ3) is 4.54. The van der Waals surface area contributed by atoms with Crippen molar-refractivity contribution in [2.45, 2.75) is 18.9 Å². The molecule has 0 aliphatic carbocycles. The highest BCUT2D eigenvalue weighted by atomic mass is 16.5. The SMILES string of the molecule is COc1cc(OC)cc(C(=O)N2CCC(NC(=O)c3cccc(O)c3)CC2)c1. The fraction of sp³-hybridized carbons (Fsp3) is 0.333. The van der Waals surface area contributed by atoms with E-state index in [0.29, 0.717) is 48.6 Å². The molecule has 7 nitrogen and oxygen atoms in total. The number of nitrogens with zero attached hydrogens (tertiary/aromatic N) is 1. The normalized spacial score (nSPS) is 14.4. The van der Waals surface area contributed by atoms with E-state index >= 15 is 0 Å². The van der Waals surface area contributed by atoms with Crippen LogP contribution in [0.3, 0.4) is 0 Å². The molecule has 0 unspecified atom stereocenters. The summed E-state index contributed by atoms with van der Waals surface area (Å²) in [5.74, 6) is 0.877. The van der Waals surface area contributed by atoms with Gasteiger partial charge >= 0.3 is 0 Å². The Kier molecular flexibility index (Phi) is 6.03. The van der Waals surface area contributed by atoms with Gasteiger partial charge in [-0.3, -0.25) is 9.59 Å². The zero-order valence-corrected chi connectivity index (χ0v) is 16.0. The van der Waals surface area contributed by atoms with Crippen LogP contribution in [0.15, 0.2) is 42.5 Å². The van der Waals surface area contributed by atoms with Crippen molar-refractivity contribution in [3.8, 4) is 17.2 Å². The molecule has 0 aromatic heterocycles. The van der Waals surface area contributed by atoms with Gasteiger partial charge in [0.05, 0.1) is 14.2 Å². The Morgan fingerprint density at radius 1 is 1.00 bits per heavy atom. The molecule has 0 atom stereocenters. The van der Waals surface area contributed by atoms with Crippen molar-refractivity contribution in [2.24, 2.45) is 0 Å². The molecule has 1 heterocycles. The topological polar surface area (TPSA) is 88.1 Å². The smallest absolute Gasteiger partial charge is 0.254 e. The van der Waals surface area contributed by atoms with Crippen molar-refractivity contribution in [1.82, 2.24) is 10.2 Å². The first kappa shape index (κ1) is 19.5. The Bertz CT molecular complexity index is 837. The van der Waals surface area contributed by atoms with Gasteiger partial charge in [0.1, 0.15) is 17.2 Å². The first-order valence-electron chi connectivity index (χ1n) is 9.12. The molecule has 2 amide bonds. The maximum Gasteiger partial charge on any atom is 0.254 e. The van der Waals surface area contributed by atoms with Crippen molar-refractivity contribution >= 4 is 11.8 Å². The number of methoxy groups -OCH3 is 2. The van der Waals surface area contributed by atoms with Crippen LogP contribution in [0.4, 0.5) is 0 Å². The molecular weight excluding hydrogens is 360 g/mol. The zero-order chi connectivity index (χ0) is 20.1. The molecule has 2 aromatic rings. The molecule has 3 rings (SSSR count). The standard InChI is InChI=1S/C21H24N2O5/c1-27-18-11-15(12-19(13-18)28-2)21(26)23-8-6-16(7-9-23)22-20(25)14-4-3-5-17(24)10-14/h3-5,10-13,16,24H,6-9H2,1-2H3,(H,22,25). The summed E-state index contributed by atoms with van der Waals surface area (Å²) in [5.41, 5.74) is 0.931. The van der Waals surface area contributed by atoms with Gasteiger partial charge in [0, 0.05) is 36.3 Å². The van der Waals surface area contributed by atoms with E-state index in [1.165, 1.54) is 12.1 Å². The first-order chi connectivity index (χ1) is 13.5. The molecule has 148 valence electrons. The van der Waals surface area contributed by atoms with Crippen LogP contribution < -0.4 is 14.8 Å². The van der Waals surface area contributed by atoms with Crippen molar-refractivity contribution in [2.75, 3.05) is 27.3 Å². The van der Waals surface area contributed by atoms with Crippen LogP contribution in [0.5, 0.6) is 17.2 Å². The number of amides is 2. The molecule has 0 saturated carbocycles. The Morgan fingerprint density at radius 2 is 1.64 bits per heavy atom. The summed E-state index contributed by atoms with van der Waals surface area (Å²) in [4.78, 5) is 26.9. The highest BCUT2D eigenvalue weighted by molar-refractivity contribution is 5.96. The van der Waals surface area contributed by atoms with E-state index < -0.39 is 0 Å². The second kappa shape index (κ2) is 8.65. The van der Waals surface area contributed by atoms with Gasteiger partial charge in [0.15, 0.2) is 0 Å². The minimum absolute atomic E-state index is 0.0151. The molecule has 2 N–H and O–H groups in total. The molecule has 1 saturated heterocycles. The van der Waals surface area contributed by atoms with Crippen molar-refractivity contribution in [1.29, 1.82) is 0 Å². The number of carbonyl (C=O) groups excluding carboxylic acids is 2. The number of aromatic hydroxyl groups is 1. The lowest BCUT2D eigenvalue weighted by Crippen LogP contribution is -2.46. The van der Waals surface area contributed by atoms with Crippen LogP contribution in [0.1, 0.15) is 33.6 Å². The number of carbonyl (C=O) groups is 2. The average Bonchev–Trinajstić information content (AvgIpc) is 2.73. The molecule has 0 spiro atoms. The van der Waals surface area contributed by atoms with Gasteiger partial charge in [-0.2, -0.15) is 0 Å². The molecular formula is C21H24N2O5. The van der Waals surface area contributed by atoms with E-state index in [1.54, 1.807) is 49.5 Å². The number of likely N-dealkylation sites (tertiary alicyclic amines) is 1. The summed E-state index contributed by atoms with van der Waals surface area (Å²) in [5, 5.41) is 12.5. The van der Waals surface area contributed by atoms with Gasteiger partial charge in [0.2, 0.25) is 0 Å². The van der Waals surface area contributed by atoms with Crippen LogP contribution in [0.25, 0.3) is 0 Å². The van der Waals surface area contributed by atoms with E-state index in [-0.39, 0.29) is 23.6 Å². The Labute approximate surface area is 163 Å². The molecule has 1 fully saturated rings. The number of phenols is 1. The van der Waals surface area contributed by atoms with E-state index in [9.17, 15) is 14.7 Å². The number of piperidine rings is 1. The van der Waals surface area contributed by atoms with E-state index in [1.807, 2.05) is 0 Å². The summed E-state index contributed by atoms with van der Waals surface area (Å²) >= 11 is 0. The van der Waals surface area contributed by atoms with Gasteiger partial charge in [-0.05, 0) is 43.2 Å². The summed E-state index contributed by atoms with van der Waals surface area (Å²) in [6.45, 7) is 1.09. The van der Waals surface area contributed by atoms with Crippen molar-refractivity contribution in [3.63, 3.8) is 0 Å². The number of nitrogens with one attached hydrogen (secondary N) is 1. The van der Waals surface area contributed by atoms with Crippen molar-refractivity contribution in [3.05, 3.63) is 53.6 Å². The second-order valence-electron chi connectivity index (χ2n) is 6.69. The van der Waals surface area contributed by atoms with Crippen molar-refractivity contribution < 1.29 is 24.2 Å². The second-order valence-corrected chi connectivity index (χ2v) is 6.69. The Morgan fingerprint density at radius 3 is 2.21 bits per heavy atom. The zero-order valence-electron chi connectivity index (χ0n) is 16.0. The fourth-order valence-corrected chi connectivity index (χ4v) is 3.26. The Hall–Kier alpha value is -3.22. The highest BCUT2D eigenvalue weighted by Gasteiger charge is 2.25. The van der Waals surface area contributed by atoms with E-state index in [4.69, 9.17) is 9.47 Å². The van der Waals surface area contributed by atoms with E-state index in [0.717, 1.165) is 0 Å². The molecule has 2 aromatic carbocycles. The minimum atomic E-state index is -0.224. The largest absolute Gasteiger partial charge is 0.508 e. The average molecular weight is 384 g/mol. The third-order valence-electron chi connectivity index (χ3n) is 4.82. The third-order valence-corrected chi connectivity index (χ3v) is 4.82. The van der Waals surface area contributed by atoms with Gasteiger partial charge in [-0.25, -0.2) is 0 Å². The number of hydrogen-bond acceptors (Lipinski definition) is 5. The molecule has 28 heavy (non-hydrogen) atoms. The van der Waals surface area contributed by atoms with Crippen LogP contribution in [-0.4, -0.2) is 55.2 Å². The quantitative estimate of drug-likeness (QED) is 0.827. The highest BCUT2D eigenvalue weighted by Crippen LogP contribution is 2.24.